The molecule has 6 heteroatoms. The molecule has 0 atom stereocenters. The number of carbonyl (C=O) groups excluding carboxylic acids is 2. The molecule has 0 bridgehead atoms. The summed E-state index contributed by atoms with van der Waals surface area (Å²) in [6, 6.07) is 10.6. The summed E-state index contributed by atoms with van der Waals surface area (Å²) in [5.74, 6) is 0.648. The van der Waals surface area contributed by atoms with Crippen LogP contribution in [-0.4, -0.2) is 41.9 Å². The van der Waals surface area contributed by atoms with E-state index in [1.165, 1.54) is 0 Å². The average Bonchev–Trinajstić information content (AvgIpc) is 2.68. The van der Waals surface area contributed by atoms with Crippen molar-refractivity contribution in [3.8, 4) is 5.75 Å². The summed E-state index contributed by atoms with van der Waals surface area (Å²) in [5.41, 5.74) is 1.39. The predicted molar refractivity (Wildman–Crippen MR) is 94.5 cm³/mol. The molecule has 6 nitrogen and oxygen atoms in total. The molecule has 1 aliphatic rings. The number of pyridine rings is 1. The number of aromatic nitrogens is 1. The number of hydrogen-bond acceptors (Lipinski definition) is 4. The summed E-state index contributed by atoms with van der Waals surface area (Å²) in [7, 11) is 1.60. The van der Waals surface area contributed by atoms with Gasteiger partial charge in [-0.1, -0.05) is 0 Å². The summed E-state index contributed by atoms with van der Waals surface area (Å²) in [5, 5.41) is 2.90. The van der Waals surface area contributed by atoms with Crippen molar-refractivity contribution in [1.82, 2.24) is 9.88 Å². The first-order chi connectivity index (χ1) is 12.2. The van der Waals surface area contributed by atoms with Crippen LogP contribution in [0.1, 0.15) is 23.2 Å². The number of piperidine rings is 1. The third-order valence-corrected chi connectivity index (χ3v) is 4.44. The third-order valence-electron chi connectivity index (χ3n) is 4.44. The molecule has 1 aliphatic heterocycles. The van der Waals surface area contributed by atoms with E-state index in [0.717, 1.165) is 11.4 Å². The van der Waals surface area contributed by atoms with E-state index >= 15 is 0 Å². The van der Waals surface area contributed by atoms with Crippen molar-refractivity contribution in [3.05, 3.63) is 54.4 Å². The summed E-state index contributed by atoms with van der Waals surface area (Å²) >= 11 is 0. The highest BCUT2D eigenvalue weighted by molar-refractivity contribution is 5.95. The maximum absolute atomic E-state index is 12.5. The monoisotopic (exact) mass is 339 g/mol. The average molecular weight is 339 g/mol. The van der Waals surface area contributed by atoms with Crippen LogP contribution in [0.2, 0.25) is 0 Å². The van der Waals surface area contributed by atoms with Crippen LogP contribution in [0.25, 0.3) is 0 Å². The zero-order chi connectivity index (χ0) is 17.6. The molecule has 1 aromatic heterocycles. The molecule has 0 radical (unpaired) electrons. The normalized spacial score (nSPS) is 14.8. The molecule has 130 valence electrons. The maximum Gasteiger partial charge on any atom is 0.253 e. The van der Waals surface area contributed by atoms with Crippen LogP contribution in [0.4, 0.5) is 5.69 Å². The van der Waals surface area contributed by atoms with Gasteiger partial charge in [-0.25, -0.2) is 0 Å². The molecule has 1 fully saturated rings. The summed E-state index contributed by atoms with van der Waals surface area (Å²) in [4.78, 5) is 30.6. The Morgan fingerprint density at radius 2 is 1.72 bits per heavy atom. The Bertz CT molecular complexity index is 723. The standard InChI is InChI=1S/C19H21N3O3/c1-25-17-4-2-15(3-5-17)19(24)22-12-8-14(9-13-22)18(23)21-16-6-10-20-11-7-16/h2-7,10-11,14H,8-9,12-13H2,1H3,(H,20,21,23). The molecule has 1 N–H and O–H groups in total. The van der Waals surface area contributed by atoms with E-state index in [9.17, 15) is 9.59 Å². The number of nitrogens with zero attached hydrogens (tertiary/aromatic N) is 2. The molecule has 25 heavy (non-hydrogen) atoms. The number of methoxy groups -OCH3 is 1. The lowest BCUT2D eigenvalue weighted by Gasteiger charge is -2.31. The van der Waals surface area contributed by atoms with Crippen LogP contribution < -0.4 is 10.1 Å². The molecular formula is C19H21N3O3. The Balaban J connectivity index is 1.54. The first-order valence-electron chi connectivity index (χ1n) is 8.31. The lowest BCUT2D eigenvalue weighted by molar-refractivity contribution is -0.121. The first kappa shape index (κ1) is 17.0. The molecule has 2 amide bonds. The van der Waals surface area contributed by atoms with E-state index in [4.69, 9.17) is 4.74 Å². The number of ether oxygens (including phenoxy) is 1. The summed E-state index contributed by atoms with van der Waals surface area (Å²) in [6.45, 7) is 1.17. The van der Waals surface area contributed by atoms with Crippen molar-refractivity contribution in [1.29, 1.82) is 0 Å². The molecular weight excluding hydrogens is 318 g/mol. The molecule has 3 rings (SSSR count). The molecule has 1 saturated heterocycles. The fourth-order valence-corrected chi connectivity index (χ4v) is 2.94. The lowest BCUT2D eigenvalue weighted by atomic mass is 9.95. The van der Waals surface area contributed by atoms with Gasteiger partial charge in [-0.15, -0.1) is 0 Å². The predicted octanol–water partition coefficient (Wildman–Crippen LogP) is 2.58. The van der Waals surface area contributed by atoms with Crippen LogP contribution in [-0.2, 0) is 4.79 Å². The highest BCUT2D eigenvalue weighted by Crippen LogP contribution is 2.21. The van der Waals surface area contributed by atoms with Crippen molar-refractivity contribution in [2.24, 2.45) is 5.92 Å². The zero-order valence-corrected chi connectivity index (χ0v) is 14.1. The third kappa shape index (κ3) is 4.15. The highest BCUT2D eigenvalue weighted by Gasteiger charge is 2.27. The minimum Gasteiger partial charge on any atom is -0.497 e. The van der Waals surface area contributed by atoms with Gasteiger partial charge in [0.05, 0.1) is 7.11 Å². The fourth-order valence-electron chi connectivity index (χ4n) is 2.94. The summed E-state index contributed by atoms with van der Waals surface area (Å²) in [6.07, 6.45) is 4.62. The molecule has 1 aromatic carbocycles. The Morgan fingerprint density at radius 3 is 2.32 bits per heavy atom. The zero-order valence-electron chi connectivity index (χ0n) is 14.1. The van der Waals surface area contributed by atoms with Crippen molar-refractivity contribution < 1.29 is 14.3 Å². The summed E-state index contributed by atoms with van der Waals surface area (Å²) < 4.78 is 5.11. The van der Waals surface area contributed by atoms with Gasteiger partial charge in [-0.2, -0.15) is 0 Å². The van der Waals surface area contributed by atoms with Gasteiger partial charge in [0.2, 0.25) is 5.91 Å². The van der Waals surface area contributed by atoms with Crippen LogP contribution in [0, 0.1) is 5.92 Å². The van der Waals surface area contributed by atoms with E-state index in [0.29, 0.717) is 31.5 Å². The van der Waals surface area contributed by atoms with E-state index in [1.54, 1.807) is 60.8 Å². The van der Waals surface area contributed by atoms with Crippen molar-refractivity contribution >= 4 is 17.5 Å². The Morgan fingerprint density at radius 1 is 1.08 bits per heavy atom. The molecule has 0 saturated carbocycles. The molecule has 0 spiro atoms. The molecule has 0 aliphatic carbocycles. The van der Waals surface area contributed by atoms with Gasteiger partial charge in [0.25, 0.3) is 5.91 Å². The first-order valence-corrected chi connectivity index (χ1v) is 8.31. The van der Waals surface area contributed by atoms with Crippen molar-refractivity contribution in [3.63, 3.8) is 0 Å². The number of benzene rings is 1. The number of rotatable bonds is 4. The van der Waals surface area contributed by atoms with Gasteiger partial charge in [0.15, 0.2) is 0 Å². The number of nitrogens with one attached hydrogen (secondary N) is 1. The van der Waals surface area contributed by atoms with Crippen LogP contribution in [0.3, 0.4) is 0 Å². The quantitative estimate of drug-likeness (QED) is 0.929. The van der Waals surface area contributed by atoms with Crippen LogP contribution in [0.15, 0.2) is 48.8 Å². The Hall–Kier alpha value is -2.89. The number of anilines is 1. The fraction of sp³-hybridized carbons (Fsp3) is 0.316. The van der Waals surface area contributed by atoms with E-state index in [-0.39, 0.29) is 17.7 Å². The van der Waals surface area contributed by atoms with Gasteiger partial charge >= 0.3 is 0 Å². The maximum atomic E-state index is 12.5. The van der Waals surface area contributed by atoms with Crippen molar-refractivity contribution in [2.45, 2.75) is 12.8 Å². The van der Waals surface area contributed by atoms with E-state index in [2.05, 4.69) is 10.3 Å². The van der Waals surface area contributed by atoms with Crippen molar-refractivity contribution in [2.75, 3.05) is 25.5 Å². The van der Waals surface area contributed by atoms with Gasteiger partial charge < -0.3 is 15.0 Å². The highest BCUT2D eigenvalue weighted by atomic mass is 16.5. The molecule has 2 aromatic rings. The smallest absolute Gasteiger partial charge is 0.253 e. The second-order valence-corrected chi connectivity index (χ2v) is 6.02. The van der Waals surface area contributed by atoms with Crippen LogP contribution in [0.5, 0.6) is 5.75 Å². The lowest BCUT2D eigenvalue weighted by Crippen LogP contribution is -2.41. The second-order valence-electron chi connectivity index (χ2n) is 6.02. The van der Waals surface area contributed by atoms with Gasteiger partial charge in [-0.05, 0) is 49.2 Å². The van der Waals surface area contributed by atoms with Gasteiger partial charge in [0, 0.05) is 42.7 Å². The Labute approximate surface area is 146 Å². The largest absolute Gasteiger partial charge is 0.497 e. The van der Waals surface area contributed by atoms with Gasteiger partial charge in [0.1, 0.15) is 5.75 Å². The van der Waals surface area contributed by atoms with Gasteiger partial charge in [-0.3, -0.25) is 14.6 Å². The number of amides is 2. The minimum absolute atomic E-state index is 0.00254. The number of carbonyl (C=O) groups is 2. The van der Waals surface area contributed by atoms with E-state index < -0.39 is 0 Å². The van der Waals surface area contributed by atoms with Crippen LogP contribution >= 0.6 is 0 Å². The molecule has 2 heterocycles. The second kappa shape index (κ2) is 7.79. The molecule has 0 unspecified atom stereocenters. The Kier molecular flexibility index (Phi) is 5.28. The minimum atomic E-state index is -0.0758. The topological polar surface area (TPSA) is 71.5 Å². The number of hydrogen-bond donors (Lipinski definition) is 1. The van der Waals surface area contributed by atoms with E-state index in [1.807, 2.05) is 0 Å². The SMILES string of the molecule is COc1ccc(C(=O)N2CCC(C(=O)Nc3ccncc3)CC2)cc1. The number of likely N-dealkylation sites (tertiary alicyclic amines) is 1.